The molecule has 1 aromatic carbocycles. The highest BCUT2D eigenvalue weighted by atomic mass is 16.6. The van der Waals surface area contributed by atoms with Gasteiger partial charge in [-0.25, -0.2) is 4.79 Å². The standard InChI is InChI=1S/C22H30O6/c1-17(23)16-19-9-7-18(8-10-19)11-12-20(24)27-15-14-26-13-5-6-21(25)28-22(2,3)4/h7-12H,5-6,13-16H2,1-4H3/b12-11+. The molecular weight excluding hydrogens is 360 g/mol. The molecule has 0 saturated heterocycles. The van der Waals surface area contributed by atoms with Crippen molar-refractivity contribution in [3.8, 4) is 0 Å². The van der Waals surface area contributed by atoms with Crippen molar-refractivity contribution < 1.29 is 28.6 Å². The van der Waals surface area contributed by atoms with Gasteiger partial charge in [0.05, 0.1) is 6.61 Å². The minimum Gasteiger partial charge on any atom is -0.460 e. The highest BCUT2D eigenvalue weighted by molar-refractivity contribution is 5.87. The molecule has 0 atom stereocenters. The van der Waals surface area contributed by atoms with Crippen molar-refractivity contribution in [1.82, 2.24) is 0 Å². The quantitative estimate of drug-likeness (QED) is 0.327. The number of rotatable bonds is 11. The normalized spacial score (nSPS) is 11.4. The second-order valence-corrected chi connectivity index (χ2v) is 7.42. The SMILES string of the molecule is CC(=O)Cc1ccc(/C=C/C(=O)OCCOCCCC(=O)OC(C)(C)C)cc1. The molecule has 6 nitrogen and oxygen atoms in total. The molecule has 154 valence electrons. The minimum absolute atomic E-state index is 0.110. The first-order chi connectivity index (χ1) is 13.2. The summed E-state index contributed by atoms with van der Waals surface area (Å²) < 4.78 is 15.6. The molecular formula is C22H30O6. The van der Waals surface area contributed by atoms with E-state index in [1.807, 2.05) is 45.0 Å². The summed E-state index contributed by atoms with van der Waals surface area (Å²) in [7, 11) is 0. The van der Waals surface area contributed by atoms with E-state index in [0.29, 0.717) is 25.9 Å². The summed E-state index contributed by atoms with van der Waals surface area (Å²) in [6.07, 6.45) is 4.27. The van der Waals surface area contributed by atoms with E-state index >= 15 is 0 Å². The fraction of sp³-hybridized carbons (Fsp3) is 0.500. The van der Waals surface area contributed by atoms with Gasteiger partial charge in [-0.15, -0.1) is 0 Å². The second kappa shape index (κ2) is 12.1. The number of benzene rings is 1. The summed E-state index contributed by atoms with van der Waals surface area (Å²) in [4.78, 5) is 34.3. The minimum atomic E-state index is -0.476. The first kappa shape index (κ1) is 23.6. The Bertz CT molecular complexity index is 667. The van der Waals surface area contributed by atoms with Crippen molar-refractivity contribution in [2.24, 2.45) is 0 Å². The molecule has 28 heavy (non-hydrogen) atoms. The highest BCUT2D eigenvalue weighted by Gasteiger charge is 2.15. The lowest BCUT2D eigenvalue weighted by molar-refractivity contribution is -0.155. The van der Waals surface area contributed by atoms with Gasteiger partial charge >= 0.3 is 11.9 Å². The molecule has 0 fully saturated rings. The van der Waals surface area contributed by atoms with E-state index in [4.69, 9.17) is 14.2 Å². The van der Waals surface area contributed by atoms with Crippen LogP contribution in [0, 0.1) is 0 Å². The van der Waals surface area contributed by atoms with Gasteiger partial charge in [0.2, 0.25) is 0 Å². The molecule has 0 aliphatic rings. The fourth-order valence-corrected chi connectivity index (χ4v) is 2.26. The molecule has 0 heterocycles. The van der Waals surface area contributed by atoms with E-state index < -0.39 is 11.6 Å². The number of ketones is 1. The molecule has 0 N–H and O–H groups in total. The average molecular weight is 390 g/mol. The monoisotopic (exact) mass is 390 g/mol. The smallest absolute Gasteiger partial charge is 0.330 e. The van der Waals surface area contributed by atoms with Crippen LogP contribution in [-0.4, -0.2) is 43.1 Å². The predicted octanol–water partition coefficient (Wildman–Crippen LogP) is 3.51. The van der Waals surface area contributed by atoms with E-state index in [9.17, 15) is 14.4 Å². The van der Waals surface area contributed by atoms with Crippen LogP contribution in [0.1, 0.15) is 51.7 Å². The molecule has 0 unspecified atom stereocenters. The van der Waals surface area contributed by atoms with Gasteiger partial charge in [-0.2, -0.15) is 0 Å². The van der Waals surface area contributed by atoms with E-state index in [1.165, 1.54) is 6.08 Å². The second-order valence-electron chi connectivity index (χ2n) is 7.42. The molecule has 0 aromatic heterocycles. The maximum atomic E-state index is 11.7. The number of carbonyl (C=O) groups is 3. The molecule has 0 bridgehead atoms. The van der Waals surface area contributed by atoms with Gasteiger partial charge in [0.25, 0.3) is 0 Å². The molecule has 0 aliphatic carbocycles. The number of hydrogen-bond donors (Lipinski definition) is 0. The van der Waals surface area contributed by atoms with Crippen LogP contribution in [0.25, 0.3) is 6.08 Å². The Balaban J connectivity index is 2.14. The van der Waals surface area contributed by atoms with E-state index in [1.54, 1.807) is 13.0 Å². The topological polar surface area (TPSA) is 78.9 Å². The lowest BCUT2D eigenvalue weighted by atomic mass is 10.1. The number of hydrogen-bond acceptors (Lipinski definition) is 6. The van der Waals surface area contributed by atoms with Crippen molar-refractivity contribution in [1.29, 1.82) is 0 Å². The summed E-state index contributed by atoms with van der Waals surface area (Å²) in [5.41, 5.74) is 1.31. The Labute approximate surface area is 166 Å². The largest absolute Gasteiger partial charge is 0.460 e. The van der Waals surface area contributed by atoms with Gasteiger partial charge in [-0.05, 0) is 51.3 Å². The van der Waals surface area contributed by atoms with Crippen LogP contribution in [0.2, 0.25) is 0 Å². The summed E-state index contributed by atoms with van der Waals surface area (Å²) >= 11 is 0. The van der Waals surface area contributed by atoms with Gasteiger partial charge in [0, 0.05) is 25.5 Å². The molecule has 6 heteroatoms. The van der Waals surface area contributed by atoms with Gasteiger partial charge in [0.15, 0.2) is 0 Å². The zero-order chi connectivity index (χ0) is 21.0. The van der Waals surface area contributed by atoms with Crippen LogP contribution in [0.15, 0.2) is 30.3 Å². The Hall–Kier alpha value is -2.47. The number of esters is 2. The molecule has 0 saturated carbocycles. The van der Waals surface area contributed by atoms with E-state index in [0.717, 1.165) is 11.1 Å². The Morgan fingerprint density at radius 2 is 1.68 bits per heavy atom. The van der Waals surface area contributed by atoms with E-state index in [-0.39, 0.29) is 25.0 Å². The van der Waals surface area contributed by atoms with Crippen LogP contribution < -0.4 is 0 Å². The van der Waals surface area contributed by atoms with Gasteiger partial charge in [-0.3, -0.25) is 9.59 Å². The Morgan fingerprint density at radius 3 is 2.29 bits per heavy atom. The molecule has 0 radical (unpaired) electrons. The van der Waals surface area contributed by atoms with Gasteiger partial charge < -0.3 is 14.2 Å². The molecule has 0 aliphatic heterocycles. The van der Waals surface area contributed by atoms with E-state index in [2.05, 4.69) is 0 Å². The predicted molar refractivity (Wildman–Crippen MR) is 107 cm³/mol. The number of Topliss-reactive ketones (excluding diaryl/α,β-unsaturated/α-hetero) is 1. The van der Waals surface area contributed by atoms with Crippen molar-refractivity contribution in [2.45, 2.75) is 52.6 Å². The third kappa shape index (κ3) is 12.0. The van der Waals surface area contributed by atoms with Crippen LogP contribution in [-0.2, 0) is 35.0 Å². The maximum Gasteiger partial charge on any atom is 0.330 e. The van der Waals surface area contributed by atoms with Crippen LogP contribution >= 0.6 is 0 Å². The van der Waals surface area contributed by atoms with Crippen molar-refractivity contribution >= 4 is 23.8 Å². The summed E-state index contributed by atoms with van der Waals surface area (Å²) in [5, 5.41) is 0. The third-order valence-electron chi connectivity index (χ3n) is 3.41. The number of carbonyl (C=O) groups excluding carboxylic acids is 3. The summed E-state index contributed by atoms with van der Waals surface area (Å²) in [6, 6.07) is 7.40. The zero-order valence-electron chi connectivity index (χ0n) is 17.2. The molecule has 0 spiro atoms. The van der Waals surface area contributed by atoms with Gasteiger partial charge in [0.1, 0.15) is 18.0 Å². The third-order valence-corrected chi connectivity index (χ3v) is 3.41. The lowest BCUT2D eigenvalue weighted by Gasteiger charge is -2.19. The molecule has 1 rings (SSSR count). The molecule has 0 amide bonds. The lowest BCUT2D eigenvalue weighted by Crippen LogP contribution is -2.23. The first-order valence-electron chi connectivity index (χ1n) is 9.38. The van der Waals surface area contributed by atoms with Crippen LogP contribution in [0.4, 0.5) is 0 Å². The Morgan fingerprint density at radius 1 is 1.00 bits per heavy atom. The van der Waals surface area contributed by atoms with Crippen molar-refractivity contribution in [3.63, 3.8) is 0 Å². The fourth-order valence-electron chi connectivity index (χ4n) is 2.26. The summed E-state index contributed by atoms with van der Waals surface area (Å²) in [5.74, 6) is -0.592. The van der Waals surface area contributed by atoms with Crippen molar-refractivity contribution in [2.75, 3.05) is 19.8 Å². The maximum absolute atomic E-state index is 11.7. The van der Waals surface area contributed by atoms with Crippen LogP contribution in [0.5, 0.6) is 0 Å². The first-order valence-corrected chi connectivity index (χ1v) is 9.38. The number of ether oxygens (including phenoxy) is 3. The molecule has 1 aromatic rings. The Kier molecular flexibility index (Phi) is 10.2. The summed E-state index contributed by atoms with van der Waals surface area (Å²) in [6.45, 7) is 7.85. The average Bonchev–Trinajstić information content (AvgIpc) is 2.58. The zero-order valence-corrected chi connectivity index (χ0v) is 17.2. The van der Waals surface area contributed by atoms with Gasteiger partial charge in [-0.1, -0.05) is 24.3 Å². The highest BCUT2D eigenvalue weighted by Crippen LogP contribution is 2.09. The van der Waals surface area contributed by atoms with Crippen LogP contribution in [0.3, 0.4) is 0 Å². The van der Waals surface area contributed by atoms with Crippen molar-refractivity contribution in [3.05, 3.63) is 41.5 Å².